The molecule has 1 aromatic rings. The van der Waals surface area contributed by atoms with Gasteiger partial charge in [0, 0.05) is 29.1 Å². The second-order valence-electron chi connectivity index (χ2n) is 4.43. The first kappa shape index (κ1) is 15.4. The zero-order valence-corrected chi connectivity index (χ0v) is 13.2. The van der Waals surface area contributed by atoms with Crippen molar-refractivity contribution in [3.63, 3.8) is 0 Å². The van der Waals surface area contributed by atoms with E-state index in [1.54, 1.807) is 18.2 Å². The first-order chi connectivity index (χ1) is 9.72. The van der Waals surface area contributed by atoms with Crippen molar-refractivity contribution in [3.8, 4) is 5.75 Å². The average Bonchev–Trinajstić information content (AvgIpc) is 2.48. The molecular formula is C14H20N2O2S2. The maximum absolute atomic E-state index is 12.3. The summed E-state index contributed by atoms with van der Waals surface area (Å²) in [6.07, 6.45) is 0. The molecule has 4 nitrogen and oxygen atoms in total. The fourth-order valence-corrected chi connectivity index (χ4v) is 4.61. The van der Waals surface area contributed by atoms with Crippen molar-refractivity contribution in [2.75, 3.05) is 36.1 Å². The maximum atomic E-state index is 12.3. The second-order valence-corrected chi connectivity index (χ2v) is 6.99. The van der Waals surface area contributed by atoms with E-state index < -0.39 is 0 Å². The van der Waals surface area contributed by atoms with E-state index in [9.17, 15) is 4.79 Å². The average molecular weight is 312 g/mol. The summed E-state index contributed by atoms with van der Waals surface area (Å²) in [5.74, 6) is 3.84. The van der Waals surface area contributed by atoms with Gasteiger partial charge in [-0.1, -0.05) is 6.07 Å². The first-order valence-electron chi connectivity index (χ1n) is 6.71. The molecule has 1 atom stereocenters. The van der Waals surface area contributed by atoms with Gasteiger partial charge >= 0.3 is 0 Å². The number of hydrogen-bond donors (Lipinski definition) is 2. The lowest BCUT2D eigenvalue weighted by atomic mass is 10.1. The number of nitrogen functional groups attached to an aromatic ring is 1. The molecule has 1 aromatic carbocycles. The normalized spacial score (nSPS) is 18.6. The van der Waals surface area contributed by atoms with Crippen molar-refractivity contribution in [1.29, 1.82) is 0 Å². The molecule has 1 heterocycles. The minimum Gasteiger partial charge on any atom is -0.491 e. The standard InChI is InChI=1S/C14H20N2O2S2/c1-2-18-13-11(4-3-5-12(13)15)14(17)16-8-10-9-19-6-7-20-10/h3-5,10H,2,6-9,15H2,1H3,(H,16,17). The molecule has 0 saturated carbocycles. The Kier molecular flexibility index (Phi) is 5.91. The van der Waals surface area contributed by atoms with E-state index in [-0.39, 0.29) is 5.91 Å². The molecule has 6 heteroatoms. The van der Waals surface area contributed by atoms with Crippen molar-refractivity contribution in [2.45, 2.75) is 12.2 Å². The van der Waals surface area contributed by atoms with E-state index in [2.05, 4.69) is 5.32 Å². The topological polar surface area (TPSA) is 64.3 Å². The van der Waals surface area contributed by atoms with E-state index in [1.807, 2.05) is 30.4 Å². The molecule has 20 heavy (non-hydrogen) atoms. The van der Waals surface area contributed by atoms with Crippen LogP contribution in [-0.4, -0.2) is 41.6 Å². The number of carbonyl (C=O) groups excluding carboxylic acids is 1. The molecule has 1 aliphatic rings. The van der Waals surface area contributed by atoms with Gasteiger partial charge < -0.3 is 15.8 Å². The molecular weight excluding hydrogens is 292 g/mol. The van der Waals surface area contributed by atoms with Gasteiger partial charge in [-0.25, -0.2) is 0 Å². The summed E-state index contributed by atoms with van der Waals surface area (Å²) in [4.78, 5) is 12.3. The molecule has 1 amide bonds. The lowest BCUT2D eigenvalue weighted by Gasteiger charge is -2.21. The Labute approximate surface area is 128 Å². The Hall–Kier alpha value is -1.01. The molecule has 0 aliphatic carbocycles. The maximum Gasteiger partial charge on any atom is 0.255 e. The van der Waals surface area contributed by atoms with Gasteiger partial charge in [0.05, 0.1) is 17.9 Å². The summed E-state index contributed by atoms with van der Waals surface area (Å²) in [6, 6.07) is 5.27. The number of para-hydroxylation sites is 1. The monoisotopic (exact) mass is 312 g/mol. The highest BCUT2D eigenvalue weighted by Crippen LogP contribution is 2.27. The summed E-state index contributed by atoms with van der Waals surface area (Å²) in [7, 11) is 0. The fraction of sp³-hybridized carbons (Fsp3) is 0.500. The third-order valence-electron chi connectivity index (χ3n) is 2.95. The minimum absolute atomic E-state index is 0.114. The van der Waals surface area contributed by atoms with Crippen molar-refractivity contribution >= 4 is 35.1 Å². The lowest BCUT2D eigenvalue weighted by molar-refractivity contribution is 0.0950. The predicted octanol–water partition coefficient (Wildman–Crippen LogP) is 2.25. The number of amides is 1. The van der Waals surface area contributed by atoms with Crippen molar-refractivity contribution in [3.05, 3.63) is 23.8 Å². The number of carbonyl (C=O) groups is 1. The Balaban J connectivity index is 1.99. The third-order valence-corrected chi connectivity index (χ3v) is 5.80. The third kappa shape index (κ3) is 3.99. The highest BCUT2D eigenvalue weighted by atomic mass is 32.2. The lowest BCUT2D eigenvalue weighted by Crippen LogP contribution is -2.33. The van der Waals surface area contributed by atoms with Gasteiger partial charge in [0.1, 0.15) is 0 Å². The van der Waals surface area contributed by atoms with Gasteiger partial charge in [-0.05, 0) is 19.1 Å². The van der Waals surface area contributed by atoms with Crippen LogP contribution in [0.2, 0.25) is 0 Å². The van der Waals surface area contributed by atoms with Gasteiger partial charge in [-0.3, -0.25) is 4.79 Å². The fourth-order valence-electron chi connectivity index (χ4n) is 2.00. The van der Waals surface area contributed by atoms with E-state index in [1.165, 1.54) is 5.75 Å². The zero-order valence-electron chi connectivity index (χ0n) is 11.6. The smallest absolute Gasteiger partial charge is 0.255 e. The Morgan fingerprint density at radius 2 is 2.35 bits per heavy atom. The van der Waals surface area contributed by atoms with Crippen LogP contribution in [-0.2, 0) is 0 Å². The number of anilines is 1. The van der Waals surface area contributed by atoms with E-state index >= 15 is 0 Å². The second kappa shape index (κ2) is 7.69. The number of hydrogen-bond acceptors (Lipinski definition) is 5. The first-order valence-corrected chi connectivity index (χ1v) is 8.91. The number of thioether (sulfide) groups is 2. The van der Waals surface area contributed by atoms with Crippen LogP contribution in [0.5, 0.6) is 5.75 Å². The molecule has 1 saturated heterocycles. The summed E-state index contributed by atoms with van der Waals surface area (Å²) in [6.45, 7) is 3.06. The molecule has 1 unspecified atom stereocenters. The highest BCUT2D eigenvalue weighted by Gasteiger charge is 2.18. The van der Waals surface area contributed by atoms with Crippen LogP contribution in [0.15, 0.2) is 18.2 Å². The Morgan fingerprint density at radius 3 is 3.05 bits per heavy atom. The molecule has 1 fully saturated rings. The largest absolute Gasteiger partial charge is 0.491 e. The SMILES string of the molecule is CCOc1c(N)cccc1C(=O)NCC1CSCCS1. The van der Waals surface area contributed by atoms with Gasteiger partial charge in [-0.2, -0.15) is 23.5 Å². The van der Waals surface area contributed by atoms with Gasteiger partial charge in [-0.15, -0.1) is 0 Å². The quantitative estimate of drug-likeness (QED) is 0.817. The summed E-state index contributed by atoms with van der Waals surface area (Å²) in [5, 5.41) is 3.48. The van der Waals surface area contributed by atoms with E-state index in [0.29, 0.717) is 35.4 Å². The van der Waals surface area contributed by atoms with Crippen molar-refractivity contribution in [2.24, 2.45) is 0 Å². The molecule has 3 N–H and O–H groups in total. The number of nitrogens with two attached hydrogens (primary N) is 1. The van der Waals surface area contributed by atoms with Crippen molar-refractivity contribution < 1.29 is 9.53 Å². The Bertz CT molecular complexity index is 462. The van der Waals surface area contributed by atoms with Crippen LogP contribution in [0.4, 0.5) is 5.69 Å². The zero-order chi connectivity index (χ0) is 14.4. The molecule has 0 bridgehead atoms. The summed E-state index contributed by atoms with van der Waals surface area (Å²) in [5.41, 5.74) is 6.89. The van der Waals surface area contributed by atoms with Crippen LogP contribution in [0.1, 0.15) is 17.3 Å². The molecule has 110 valence electrons. The van der Waals surface area contributed by atoms with Crippen LogP contribution in [0, 0.1) is 0 Å². The molecule has 1 aliphatic heterocycles. The minimum atomic E-state index is -0.114. The predicted molar refractivity (Wildman–Crippen MR) is 87.9 cm³/mol. The molecule has 0 radical (unpaired) electrons. The van der Waals surface area contributed by atoms with Crippen LogP contribution < -0.4 is 15.8 Å². The van der Waals surface area contributed by atoms with Gasteiger partial charge in [0.15, 0.2) is 5.75 Å². The van der Waals surface area contributed by atoms with Crippen molar-refractivity contribution in [1.82, 2.24) is 5.32 Å². The highest BCUT2D eigenvalue weighted by molar-refractivity contribution is 8.06. The number of nitrogens with one attached hydrogen (secondary N) is 1. The van der Waals surface area contributed by atoms with E-state index in [0.717, 1.165) is 11.5 Å². The van der Waals surface area contributed by atoms with E-state index in [4.69, 9.17) is 10.5 Å². The summed E-state index contributed by atoms with van der Waals surface area (Å²) < 4.78 is 5.49. The molecule has 0 aromatic heterocycles. The van der Waals surface area contributed by atoms with Crippen LogP contribution in [0.3, 0.4) is 0 Å². The number of ether oxygens (including phenoxy) is 1. The Morgan fingerprint density at radius 1 is 1.50 bits per heavy atom. The van der Waals surface area contributed by atoms with Crippen LogP contribution in [0.25, 0.3) is 0 Å². The van der Waals surface area contributed by atoms with Gasteiger partial charge in [0.2, 0.25) is 0 Å². The van der Waals surface area contributed by atoms with Crippen LogP contribution >= 0.6 is 23.5 Å². The summed E-state index contributed by atoms with van der Waals surface area (Å²) >= 11 is 3.87. The molecule has 2 rings (SSSR count). The molecule has 0 spiro atoms. The number of rotatable bonds is 5. The number of benzene rings is 1. The van der Waals surface area contributed by atoms with Gasteiger partial charge in [0.25, 0.3) is 5.91 Å².